The van der Waals surface area contributed by atoms with Gasteiger partial charge in [0.1, 0.15) is 11.5 Å². The molecular formula is C32H14F8O14S4. The lowest BCUT2D eigenvalue weighted by atomic mass is 10.0. The van der Waals surface area contributed by atoms with E-state index in [4.69, 9.17) is 9.47 Å². The predicted molar refractivity (Wildman–Crippen MR) is 179 cm³/mol. The van der Waals surface area contributed by atoms with E-state index < -0.39 is 162 Å². The minimum Gasteiger partial charge on any atom is -0.450 e. The summed E-state index contributed by atoms with van der Waals surface area (Å²) in [6.07, 6.45) is 0. The number of hydrogen-bond donors (Lipinski definition) is 4. The number of hydrogen-bond acceptors (Lipinski definition) is 10. The molecule has 0 radical (unpaired) electrons. The first kappa shape index (κ1) is 42.1. The van der Waals surface area contributed by atoms with Gasteiger partial charge in [0.15, 0.2) is 23.3 Å². The molecule has 306 valence electrons. The lowest BCUT2D eigenvalue weighted by molar-refractivity contribution is 0.362. The molecule has 6 rings (SSSR count). The van der Waals surface area contributed by atoms with Gasteiger partial charge in [0.25, 0.3) is 40.5 Å². The Balaban J connectivity index is 1.51. The summed E-state index contributed by atoms with van der Waals surface area (Å²) in [4.78, 5) is -4.10. The van der Waals surface area contributed by atoms with Crippen LogP contribution in [0.2, 0.25) is 0 Å². The minimum atomic E-state index is -5.27. The zero-order valence-electron chi connectivity index (χ0n) is 27.3. The Bertz CT molecular complexity index is 2980. The van der Waals surface area contributed by atoms with E-state index in [1.54, 1.807) is 0 Å². The van der Waals surface area contributed by atoms with Crippen molar-refractivity contribution in [3.05, 3.63) is 107 Å². The number of fused-ring (bicyclic) bond motifs is 2. The van der Waals surface area contributed by atoms with Gasteiger partial charge in [-0.2, -0.15) is 51.2 Å². The van der Waals surface area contributed by atoms with E-state index in [9.17, 15) is 51.9 Å². The van der Waals surface area contributed by atoms with Crippen molar-refractivity contribution in [1.82, 2.24) is 0 Å². The van der Waals surface area contributed by atoms with E-state index in [0.717, 1.165) is 12.1 Å². The van der Waals surface area contributed by atoms with Gasteiger partial charge in [-0.05, 0) is 59.3 Å². The monoisotopic (exact) mass is 902 g/mol. The van der Waals surface area contributed by atoms with Gasteiger partial charge in [-0.3, -0.25) is 18.2 Å². The van der Waals surface area contributed by atoms with Crippen LogP contribution in [-0.2, 0) is 40.5 Å². The van der Waals surface area contributed by atoms with Crippen molar-refractivity contribution in [3.63, 3.8) is 0 Å². The summed E-state index contributed by atoms with van der Waals surface area (Å²) >= 11 is 0. The summed E-state index contributed by atoms with van der Waals surface area (Å²) in [7, 11) is -20.5. The normalized spacial score (nSPS) is 12.7. The Morgan fingerprint density at radius 1 is 0.362 bits per heavy atom. The van der Waals surface area contributed by atoms with Crippen molar-refractivity contribution in [2.24, 2.45) is 0 Å². The summed E-state index contributed by atoms with van der Waals surface area (Å²) in [5.74, 6) is -28.3. The van der Waals surface area contributed by atoms with Gasteiger partial charge in [-0.15, -0.1) is 0 Å². The second-order valence-corrected chi connectivity index (χ2v) is 17.3. The van der Waals surface area contributed by atoms with Gasteiger partial charge in [0.2, 0.25) is 34.8 Å². The van der Waals surface area contributed by atoms with Crippen LogP contribution in [0.1, 0.15) is 0 Å². The molecule has 0 unspecified atom stereocenters. The van der Waals surface area contributed by atoms with Crippen molar-refractivity contribution in [1.29, 1.82) is 0 Å². The van der Waals surface area contributed by atoms with Crippen LogP contribution in [0.15, 0.2) is 80.2 Å². The molecule has 0 bridgehead atoms. The molecule has 26 heteroatoms. The smallest absolute Gasteiger partial charge is 0.294 e. The summed E-state index contributed by atoms with van der Waals surface area (Å²) in [6.45, 7) is 0. The van der Waals surface area contributed by atoms with Crippen LogP contribution < -0.4 is 9.47 Å². The third-order valence-corrected chi connectivity index (χ3v) is 11.4. The van der Waals surface area contributed by atoms with Crippen LogP contribution >= 0.6 is 0 Å². The van der Waals surface area contributed by atoms with Crippen molar-refractivity contribution in [3.8, 4) is 34.1 Å². The summed E-state index contributed by atoms with van der Waals surface area (Å²) in [5, 5.41) is -2.07. The summed E-state index contributed by atoms with van der Waals surface area (Å²) in [5.41, 5.74) is -4.87. The lowest BCUT2D eigenvalue weighted by Gasteiger charge is -2.17. The molecular weight excluding hydrogens is 889 g/mol. The summed E-state index contributed by atoms with van der Waals surface area (Å²) < 4.78 is 265. The zero-order chi connectivity index (χ0) is 43.2. The Morgan fingerprint density at radius 3 is 0.879 bits per heavy atom. The van der Waals surface area contributed by atoms with Crippen LogP contribution in [0.5, 0.6) is 23.0 Å². The predicted octanol–water partition coefficient (Wildman–Crippen LogP) is 7.34. The number of benzene rings is 6. The maximum absolute atomic E-state index is 15.5. The fourth-order valence-corrected chi connectivity index (χ4v) is 7.52. The fourth-order valence-electron chi connectivity index (χ4n) is 5.42. The van der Waals surface area contributed by atoms with E-state index in [2.05, 4.69) is 0 Å². The van der Waals surface area contributed by atoms with E-state index in [1.165, 1.54) is 0 Å². The van der Waals surface area contributed by atoms with Crippen molar-refractivity contribution in [2.75, 3.05) is 0 Å². The molecule has 0 spiro atoms. The first-order valence-electron chi connectivity index (χ1n) is 14.7. The number of rotatable bonds is 9. The average Bonchev–Trinajstić information content (AvgIpc) is 3.12. The van der Waals surface area contributed by atoms with E-state index >= 15 is 35.1 Å². The van der Waals surface area contributed by atoms with Gasteiger partial charge >= 0.3 is 0 Å². The average molecular weight is 903 g/mol. The highest BCUT2D eigenvalue weighted by Crippen LogP contribution is 2.45. The Labute approximate surface area is 318 Å². The molecule has 0 aromatic heterocycles. The summed E-state index contributed by atoms with van der Waals surface area (Å²) in [6, 6.07) is 5.80. The molecule has 4 N–H and O–H groups in total. The first-order valence-corrected chi connectivity index (χ1v) is 20.5. The topological polar surface area (TPSA) is 236 Å². The second kappa shape index (κ2) is 14.1. The standard InChI is InChI=1S/C32H14F8O14S4/c33-23-21(24(34)28(38)31(27(23)37)53-19-9-15(57(47,48)49)7-11-5-13(55(41,42)43)1-3-17(11)19)22-25(35)29(39)32(30(40)26(22)36)54-20-10-16(58(50,51)52)8-12-6-14(56(44,45)46)2-4-18(12)20/h1-10H,(H,41,42,43)(H,44,45,46)(H,47,48,49)(H,50,51,52). The molecule has 0 fully saturated rings. The lowest BCUT2D eigenvalue weighted by Crippen LogP contribution is -2.09. The van der Waals surface area contributed by atoms with Crippen LogP contribution in [0, 0.1) is 46.5 Å². The molecule has 0 aliphatic heterocycles. The van der Waals surface area contributed by atoms with Gasteiger partial charge in [-0.1, -0.05) is 0 Å². The molecule has 6 aromatic carbocycles. The molecule has 0 saturated heterocycles. The molecule has 58 heavy (non-hydrogen) atoms. The van der Waals surface area contributed by atoms with Gasteiger partial charge < -0.3 is 9.47 Å². The zero-order valence-corrected chi connectivity index (χ0v) is 30.6. The highest BCUT2D eigenvalue weighted by atomic mass is 32.2. The van der Waals surface area contributed by atoms with Gasteiger partial charge in [0, 0.05) is 22.9 Å². The van der Waals surface area contributed by atoms with Crippen LogP contribution in [-0.4, -0.2) is 51.9 Å². The van der Waals surface area contributed by atoms with Crippen LogP contribution in [0.3, 0.4) is 0 Å². The minimum absolute atomic E-state index is 0.332. The molecule has 6 aromatic rings. The Kier molecular flexibility index (Phi) is 10.3. The first-order chi connectivity index (χ1) is 26.6. The van der Waals surface area contributed by atoms with Gasteiger partial charge in [0.05, 0.1) is 30.7 Å². The number of halogens is 8. The van der Waals surface area contributed by atoms with Crippen molar-refractivity contribution < 1.29 is 96.5 Å². The molecule has 0 saturated carbocycles. The van der Waals surface area contributed by atoms with Crippen molar-refractivity contribution in [2.45, 2.75) is 19.6 Å². The third kappa shape index (κ3) is 7.50. The van der Waals surface area contributed by atoms with E-state index in [-0.39, 0.29) is 0 Å². The fraction of sp³-hybridized carbons (Fsp3) is 0. The largest absolute Gasteiger partial charge is 0.450 e. The SMILES string of the molecule is O=S(=O)(O)c1ccc2c(Oc3c(F)c(F)c(-c4c(F)c(F)c(Oc5cc(S(=O)(=O)O)cc6cc(S(=O)(=O)O)ccc56)c(F)c4F)c(F)c3F)cc(S(=O)(=O)O)cc2c1. The quantitative estimate of drug-likeness (QED) is 0.0631. The second-order valence-electron chi connectivity index (χ2n) is 11.6. The molecule has 0 amide bonds. The Hall–Kier alpha value is -5.48. The maximum Gasteiger partial charge on any atom is 0.294 e. The molecule has 0 aliphatic rings. The van der Waals surface area contributed by atoms with Crippen molar-refractivity contribution >= 4 is 62.0 Å². The van der Waals surface area contributed by atoms with Crippen LogP contribution in [0.25, 0.3) is 32.7 Å². The molecule has 14 nitrogen and oxygen atoms in total. The van der Waals surface area contributed by atoms with Crippen LogP contribution in [0.4, 0.5) is 35.1 Å². The molecule has 0 heterocycles. The maximum atomic E-state index is 15.5. The third-order valence-electron chi connectivity index (χ3n) is 8.03. The number of ether oxygens (including phenoxy) is 2. The van der Waals surface area contributed by atoms with Gasteiger partial charge in [-0.25, -0.2) is 17.6 Å². The molecule has 0 atom stereocenters. The van der Waals surface area contributed by atoms with E-state index in [1.807, 2.05) is 0 Å². The Morgan fingerprint density at radius 2 is 0.621 bits per heavy atom. The molecule has 0 aliphatic carbocycles. The highest BCUT2D eigenvalue weighted by Gasteiger charge is 2.36. The van der Waals surface area contributed by atoms with E-state index in [0.29, 0.717) is 48.5 Å². The highest BCUT2D eigenvalue weighted by molar-refractivity contribution is 7.86.